The van der Waals surface area contributed by atoms with Crippen LogP contribution in [0.3, 0.4) is 0 Å². The third kappa shape index (κ3) is 3.19. The van der Waals surface area contributed by atoms with E-state index in [4.69, 9.17) is 14.6 Å². The van der Waals surface area contributed by atoms with Crippen LogP contribution in [0.1, 0.15) is 36.4 Å². The lowest BCUT2D eigenvalue weighted by Crippen LogP contribution is -2.30. The van der Waals surface area contributed by atoms with E-state index in [-0.39, 0.29) is 6.61 Å². The number of ether oxygens (including phenoxy) is 2. The fourth-order valence-corrected chi connectivity index (χ4v) is 2.69. The van der Waals surface area contributed by atoms with Crippen LogP contribution in [-0.4, -0.2) is 32.5 Å². The number of hydrogen-bond donors (Lipinski definition) is 2. The van der Waals surface area contributed by atoms with Gasteiger partial charge in [0.1, 0.15) is 0 Å². The number of unbranched alkanes of at least 4 members (excludes halogenated alkanes) is 1. The Morgan fingerprint density at radius 2 is 1.95 bits per heavy atom. The monoisotopic (exact) mass is 265 g/mol. The maximum atomic E-state index is 8.88. The predicted octanol–water partition coefficient (Wildman–Crippen LogP) is 2.05. The van der Waals surface area contributed by atoms with Crippen molar-refractivity contribution in [1.29, 1.82) is 0 Å². The Bertz CT molecular complexity index is 420. The molecule has 0 amide bonds. The summed E-state index contributed by atoms with van der Waals surface area (Å²) in [6.45, 7) is 1.26. The first-order chi connectivity index (χ1) is 9.30. The molecule has 2 N–H and O–H groups in total. The van der Waals surface area contributed by atoms with Crippen molar-refractivity contribution in [3.63, 3.8) is 0 Å². The van der Waals surface area contributed by atoms with Crippen molar-refractivity contribution in [2.45, 2.75) is 31.7 Å². The van der Waals surface area contributed by atoms with Gasteiger partial charge in [-0.2, -0.15) is 0 Å². The van der Waals surface area contributed by atoms with Crippen molar-refractivity contribution < 1.29 is 14.6 Å². The van der Waals surface area contributed by atoms with Gasteiger partial charge in [0.05, 0.1) is 14.2 Å². The van der Waals surface area contributed by atoms with E-state index in [9.17, 15) is 0 Å². The van der Waals surface area contributed by atoms with Crippen molar-refractivity contribution in [2.75, 3.05) is 27.4 Å². The Balaban J connectivity index is 2.22. The number of methoxy groups -OCH3 is 2. The zero-order valence-electron chi connectivity index (χ0n) is 11.7. The van der Waals surface area contributed by atoms with Crippen LogP contribution in [-0.2, 0) is 6.42 Å². The molecule has 0 saturated heterocycles. The van der Waals surface area contributed by atoms with Crippen LogP contribution in [0.4, 0.5) is 0 Å². The lowest BCUT2D eigenvalue weighted by molar-refractivity contribution is 0.278. The lowest BCUT2D eigenvalue weighted by Gasteiger charge is -2.28. The highest BCUT2D eigenvalue weighted by molar-refractivity contribution is 5.49. The molecule has 0 saturated carbocycles. The lowest BCUT2D eigenvalue weighted by atomic mass is 9.90. The van der Waals surface area contributed by atoms with E-state index in [1.165, 1.54) is 11.1 Å². The molecule has 1 aliphatic rings. The van der Waals surface area contributed by atoms with Gasteiger partial charge in [0.15, 0.2) is 11.5 Å². The first-order valence-corrected chi connectivity index (χ1v) is 6.89. The maximum Gasteiger partial charge on any atom is 0.161 e. The Morgan fingerprint density at radius 3 is 2.63 bits per heavy atom. The molecular weight excluding hydrogens is 242 g/mol. The summed E-state index contributed by atoms with van der Waals surface area (Å²) in [6.07, 6.45) is 3.96. The van der Waals surface area contributed by atoms with Gasteiger partial charge in [-0.05, 0) is 55.5 Å². The molecule has 0 fully saturated rings. The van der Waals surface area contributed by atoms with Gasteiger partial charge in [0.2, 0.25) is 0 Å². The summed E-state index contributed by atoms with van der Waals surface area (Å²) in [5, 5.41) is 12.4. The molecular formula is C15H23NO3. The summed E-state index contributed by atoms with van der Waals surface area (Å²) in [7, 11) is 3.34. The van der Waals surface area contributed by atoms with Gasteiger partial charge in [0, 0.05) is 12.6 Å². The zero-order valence-corrected chi connectivity index (χ0v) is 11.7. The molecule has 1 atom stereocenters. The van der Waals surface area contributed by atoms with E-state index < -0.39 is 0 Å². The first-order valence-electron chi connectivity index (χ1n) is 6.89. The second kappa shape index (κ2) is 6.78. The second-order valence-corrected chi connectivity index (χ2v) is 4.88. The fraction of sp³-hybridized carbons (Fsp3) is 0.600. The zero-order chi connectivity index (χ0) is 13.7. The van der Waals surface area contributed by atoms with Gasteiger partial charge < -0.3 is 19.9 Å². The Kier molecular flexibility index (Phi) is 5.05. The van der Waals surface area contributed by atoms with Gasteiger partial charge in [0.25, 0.3) is 0 Å². The molecule has 1 aromatic rings. The van der Waals surface area contributed by atoms with Gasteiger partial charge in [-0.3, -0.25) is 0 Å². The van der Waals surface area contributed by atoms with Crippen LogP contribution in [0.2, 0.25) is 0 Å². The van der Waals surface area contributed by atoms with E-state index in [1.54, 1.807) is 14.2 Å². The highest BCUT2D eigenvalue weighted by Gasteiger charge is 2.22. The van der Waals surface area contributed by atoms with Crippen LogP contribution in [0.15, 0.2) is 12.1 Å². The number of benzene rings is 1. The van der Waals surface area contributed by atoms with E-state index in [0.717, 1.165) is 43.7 Å². The fourth-order valence-electron chi connectivity index (χ4n) is 2.69. The van der Waals surface area contributed by atoms with E-state index in [0.29, 0.717) is 6.04 Å². The molecule has 1 aromatic carbocycles. The summed E-state index contributed by atoms with van der Waals surface area (Å²) in [4.78, 5) is 0. The molecule has 0 bridgehead atoms. The Hall–Kier alpha value is -1.26. The minimum Gasteiger partial charge on any atom is -0.493 e. The summed E-state index contributed by atoms with van der Waals surface area (Å²) < 4.78 is 10.7. The average molecular weight is 265 g/mol. The quantitative estimate of drug-likeness (QED) is 0.773. The SMILES string of the molecule is COc1cc2c(cc1OC)C(CCCCO)NCC2. The van der Waals surface area contributed by atoms with Crippen LogP contribution < -0.4 is 14.8 Å². The van der Waals surface area contributed by atoms with Gasteiger partial charge in [-0.15, -0.1) is 0 Å². The first kappa shape index (κ1) is 14.2. The van der Waals surface area contributed by atoms with Gasteiger partial charge >= 0.3 is 0 Å². The molecule has 19 heavy (non-hydrogen) atoms. The second-order valence-electron chi connectivity index (χ2n) is 4.88. The number of aliphatic hydroxyl groups is 1. The molecule has 0 spiro atoms. The summed E-state index contributed by atoms with van der Waals surface area (Å²) >= 11 is 0. The van der Waals surface area contributed by atoms with Crippen LogP contribution in [0.25, 0.3) is 0 Å². The van der Waals surface area contributed by atoms with E-state index in [2.05, 4.69) is 17.4 Å². The van der Waals surface area contributed by atoms with Gasteiger partial charge in [-0.25, -0.2) is 0 Å². The normalized spacial score (nSPS) is 17.9. The average Bonchev–Trinajstić information content (AvgIpc) is 2.46. The molecule has 0 aliphatic carbocycles. The topological polar surface area (TPSA) is 50.7 Å². The molecule has 1 aliphatic heterocycles. The largest absolute Gasteiger partial charge is 0.493 e. The predicted molar refractivity (Wildman–Crippen MR) is 74.9 cm³/mol. The summed E-state index contributed by atoms with van der Waals surface area (Å²) in [6, 6.07) is 4.54. The number of aliphatic hydroxyl groups excluding tert-OH is 1. The maximum absolute atomic E-state index is 8.88. The van der Waals surface area contributed by atoms with Crippen molar-refractivity contribution in [3.8, 4) is 11.5 Å². The molecule has 1 heterocycles. The molecule has 0 aromatic heterocycles. The third-order valence-electron chi connectivity index (χ3n) is 3.71. The van der Waals surface area contributed by atoms with Crippen molar-refractivity contribution in [2.24, 2.45) is 0 Å². The van der Waals surface area contributed by atoms with Crippen molar-refractivity contribution in [3.05, 3.63) is 23.3 Å². The van der Waals surface area contributed by atoms with Crippen LogP contribution >= 0.6 is 0 Å². The summed E-state index contributed by atoms with van der Waals surface area (Å²) in [5.74, 6) is 1.59. The summed E-state index contributed by atoms with van der Waals surface area (Å²) in [5.41, 5.74) is 2.65. The van der Waals surface area contributed by atoms with Gasteiger partial charge in [-0.1, -0.05) is 0 Å². The standard InChI is InChI=1S/C15H23NO3/c1-18-14-9-11-6-7-16-13(5-3-4-8-17)12(11)10-15(14)19-2/h9-10,13,16-17H,3-8H2,1-2H3. The molecule has 106 valence electrons. The molecule has 4 heteroatoms. The number of rotatable bonds is 6. The Labute approximate surface area is 114 Å². The Morgan fingerprint density at radius 1 is 1.21 bits per heavy atom. The minimum atomic E-state index is 0.269. The van der Waals surface area contributed by atoms with Crippen molar-refractivity contribution in [1.82, 2.24) is 5.32 Å². The van der Waals surface area contributed by atoms with Crippen LogP contribution in [0.5, 0.6) is 11.5 Å². The third-order valence-corrected chi connectivity index (χ3v) is 3.71. The molecule has 0 radical (unpaired) electrons. The van der Waals surface area contributed by atoms with Crippen molar-refractivity contribution >= 4 is 0 Å². The van der Waals surface area contributed by atoms with E-state index in [1.807, 2.05) is 0 Å². The highest BCUT2D eigenvalue weighted by atomic mass is 16.5. The number of hydrogen-bond acceptors (Lipinski definition) is 4. The molecule has 2 rings (SSSR count). The molecule has 4 nitrogen and oxygen atoms in total. The highest BCUT2D eigenvalue weighted by Crippen LogP contribution is 2.36. The van der Waals surface area contributed by atoms with Crippen LogP contribution in [0, 0.1) is 0 Å². The number of nitrogens with one attached hydrogen (secondary N) is 1. The number of fused-ring (bicyclic) bond motifs is 1. The smallest absolute Gasteiger partial charge is 0.161 e. The van der Waals surface area contributed by atoms with E-state index >= 15 is 0 Å². The minimum absolute atomic E-state index is 0.269. The molecule has 1 unspecified atom stereocenters.